The Kier molecular flexibility index (Phi) is 2.21. The average molecular weight is 259 g/mol. The first kappa shape index (κ1) is 11.2. The number of benzene rings is 3. The Morgan fingerprint density at radius 1 is 0.900 bits per heavy atom. The highest BCUT2D eigenvalue weighted by molar-refractivity contribution is 6.17. The van der Waals surface area contributed by atoms with Gasteiger partial charge >= 0.3 is 0 Å². The van der Waals surface area contributed by atoms with E-state index in [-0.39, 0.29) is 5.78 Å². The third kappa shape index (κ3) is 1.48. The summed E-state index contributed by atoms with van der Waals surface area (Å²) in [6, 6.07) is 18.4. The summed E-state index contributed by atoms with van der Waals surface area (Å²) in [6.07, 6.45) is 0. The van der Waals surface area contributed by atoms with Gasteiger partial charge in [0.2, 0.25) is 0 Å². The van der Waals surface area contributed by atoms with E-state index in [4.69, 9.17) is 0 Å². The van der Waals surface area contributed by atoms with Gasteiger partial charge in [0.15, 0.2) is 5.78 Å². The zero-order chi connectivity index (χ0) is 13.7. The second kappa shape index (κ2) is 3.94. The fourth-order valence-electron chi connectivity index (χ4n) is 2.87. The standard InChI is InChI=1S/C18H13NO/c1-11(20)12-6-8-14-13(10-12)7-9-16-15-4-2-3-5-17(15)19-18(14)16/h2-10,19H,1H3. The second-order valence-corrected chi connectivity index (χ2v) is 5.15. The van der Waals surface area contributed by atoms with E-state index in [1.165, 1.54) is 10.8 Å². The van der Waals surface area contributed by atoms with Crippen LogP contribution in [0.4, 0.5) is 0 Å². The Morgan fingerprint density at radius 3 is 2.55 bits per heavy atom. The number of H-pyrrole nitrogens is 1. The van der Waals surface area contributed by atoms with E-state index in [1.54, 1.807) is 6.92 Å². The van der Waals surface area contributed by atoms with Crippen LogP contribution in [0.3, 0.4) is 0 Å². The summed E-state index contributed by atoms with van der Waals surface area (Å²) in [4.78, 5) is 15.0. The molecule has 3 aromatic carbocycles. The highest BCUT2D eigenvalue weighted by Crippen LogP contribution is 2.31. The van der Waals surface area contributed by atoms with Crippen molar-refractivity contribution >= 4 is 38.4 Å². The van der Waals surface area contributed by atoms with Crippen LogP contribution in [-0.2, 0) is 0 Å². The number of carbonyl (C=O) groups excluding carboxylic acids is 1. The van der Waals surface area contributed by atoms with E-state index in [0.29, 0.717) is 0 Å². The molecule has 2 heteroatoms. The molecule has 1 N–H and O–H groups in total. The summed E-state index contributed by atoms with van der Waals surface area (Å²) in [6.45, 7) is 1.60. The van der Waals surface area contributed by atoms with Crippen LogP contribution in [0.25, 0.3) is 32.6 Å². The fraction of sp³-hybridized carbons (Fsp3) is 0.0556. The zero-order valence-electron chi connectivity index (χ0n) is 11.1. The maximum absolute atomic E-state index is 11.5. The molecule has 96 valence electrons. The summed E-state index contributed by atoms with van der Waals surface area (Å²) >= 11 is 0. The molecule has 4 aromatic rings. The van der Waals surface area contributed by atoms with E-state index in [9.17, 15) is 4.79 Å². The molecule has 4 rings (SSSR count). The minimum atomic E-state index is 0.101. The molecule has 0 aliphatic heterocycles. The van der Waals surface area contributed by atoms with E-state index in [1.807, 2.05) is 24.3 Å². The molecule has 1 heterocycles. The van der Waals surface area contributed by atoms with Gasteiger partial charge in [-0.15, -0.1) is 0 Å². The predicted octanol–water partition coefficient (Wildman–Crippen LogP) is 4.68. The number of hydrogen-bond acceptors (Lipinski definition) is 1. The van der Waals surface area contributed by atoms with Gasteiger partial charge in [-0.05, 0) is 24.4 Å². The minimum absolute atomic E-state index is 0.101. The molecular weight excluding hydrogens is 246 g/mol. The SMILES string of the molecule is CC(=O)c1ccc2c(ccc3c4ccccc4[nH]c23)c1. The number of Topliss-reactive ketones (excluding diaryl/α,β-unsaturated/α-hetero) is 1. The second-order valence-electron chi connectivity index (χ2n) is 5.15. The van der Waals surface area contributed by atoms with Gasteiger partial charge in [-0.25, -0.2) is 0 Å². The molecule has 20 heavy (non-hydrogen) atoms. The smallest absolute Gasteiger partial charge is 0.159 e. The molecule has 0 unspecified atom stereocenters. The Hall–Kier alpha value is -2.61. The monoisotopic (exact) mass is 259 g/mol. The topological polar surface area (TPSA) is 32.9 Å². The Balaban J connectivity index is 2.16. The molecule has 0 aliphatic carbocycles. The normalized spacial score (nSPS) is 11.4. The Morgan fingerprint density at radius 2 is 1.70 bits per heavy atom. The Bertz CT molecular complexity index is 979. The van der Waals surface area contributed by atoms with Gasteiger partial charge in [0.05, 0.1) is 5.52 Å². The third-order valence-electron chi connectivity index (χ3n) is 3.90. The van der Waals surface area contributed by atoms with Crippen molar-refractivity contribution in [3.63, 3.8) is 0 Å². The minimum Gasteiger partial charge on any atom is -0.354 e. The van der Waals surface area contributed by atoms with Gasteiger partial charge in [0.1, 0.15) is 0 Å². The lowest BCUT2D eigenvalue weighted by Crippen LogP contribution is -1.91. The molecule has 0 bridgehead atoms. The van der Waals surface area contributed by atoms with Gasteiger partial charge < -0.3 is 4.98 Å². The van der Waals surface area contributed by atoms with Crippen molar-refractivity contribution in [2.45, 2.75) is 6.92 Å². The molecule has 0 saturated heterocycles. The number of rotatable bonds is 1. The summed E-state index contributed by atoms with van der Waals surface area (Å²) in [7, 11) is 0. The fourth-order valence-corrected chi connectivity index (χ4v) is 2.87. The molecule has 0 fully saturated rings. The van der Waals surface area contributed by atoms with Crippen molar-refractivity contribution in [3.05, 3.63) is 60.2 Å². The molecule has 0 amide bonds. The zero-order valence-corrected chi connectivity index (χ0v) is 11.1. The number of ketones is 1. The van der Waals surface area contributed by atoms with Gasteiger partial charge in [-0.3, -0.25) is 4.79 Å². The van der Waals surface area contributed by atoms with Crippen LogP contribution in [0.15, 0.2) is 54.6 Å². The number of aromatic nitrogens is 1. The van der Waals surface area contributed by atoms with Crippen LogP contribution in [0.1, 0.15) is 17.3 Å². The molecule has 0 saturated carbocycles. The molecule has 2 nitrogen and oxygen atoms in total. The quantitative estimate of drug-likeness (QED) is 0.495. The molecule has 1 aromatic heterocycles. The lowest BCUT2D eigenvalue weighted by atomic mass is 10.0. The largest absolute Gasteiger partial charge is 0.354 e. The van der Waals surface area contributed by atoms with E-state index < -0.39 is 0 Å². The van der Waals surface area contributed by atoms with Gasteiger partial charge in [0, 0.05) is 27.2 Å². The van der Waals surface area contributed by atoms with Crippen LogP contribution in [0.2, 0.25) is 0 Å². The van der Waals surface area contributed by atoms with E-state index in [2.05, 4.69) is 35.3 Å². The number of hydrogen-bond donors (Lipinski definition) is 1. The van der Waals surface area contributed by atoms with Crippen molar-refractivity contribution < 1.29 is 4.79 Å². The summed E-state index contributed by atoms with van der Waals surface area (Å²) in [5, 5.41) is 4.71. The van der Waals surface area contributed by atoms with Crippen LogP contribution in [-0.4, -0.2) is 10.8 Å². The maximum Gasteiger partial charge on any atom is 0.159 e. The van der Waals surface area contributed by atoms with Crippen LogP contribution >= 0.6 is 0 Å². The van der Waals surface area contributed by atoms with E-state index >= 15 is 0 Å². The molecule has 0 aliphatic rings. The highest BCUT2D eigenvalue weighted by atomic mass is 16.1. The van der Waals surface area contributed by atoms with Gasteiger partial charge in [-0.2, -0.15) is 0 Å². The van der Waals surface area contributed by atoms with Gasteiger partial charge in [0.25, 0.3) is 0 Å². The number of aromatic amines is 1. The molecule has 0 spiro atoms. The summed E-state index contributed by atoms with van der Waals surface area (Å²) in [5.74, 6) is 0.101. The predicted molar refractivity (Wildman–Crippen MR) is 83.3 cm³/mol. The molecular formula is C18H13NO. The molecule has 0 atom stereocenters. The third-order valence-corrected chi connectivity index (χ3v) is 3.90. The maximum atomic E-state index is 11.5. The number of nitrogens with one attached hydrogen (secondary N) is 1. The lowest BCUT2D eigenvalue weighted by Gasteiger charge is -2.02. The van der Waals surface area contributed by atoms with Crippen molar-refractivity contribution in [1.29, 1.82) is 0 Å². The average Bonchev–Trinajstić information content (AvgIpc) is 2.85. The molecule has 0 radical (unpaired) electrons. The Labute approximate surface area is 116 Å². The summed E-state index contributed by atoms with van der Waals surface area (Å²) < 4.78 is 0. The van der Waals surface area contributed by atoms with Crippen molar-refractivity contribution in [2.75, 3.05) is 0 Å². The summed E-state index contributed by atoms with van der Waals surface area (Å²) in [5.41, 5.74) is 3.04. The first-order chi connectivity index (χ1) is 9.74. The number of fused-ring (bicyclic) bond motifs is 5. The van der Waals surface area contributed by atoms with Crippen molar-refractivity contribution in [2.24, 2.45) is 0 Å². The van der Waals surface area contributed by atoms with Crippen LogP contribution in [0, 0.1) is 0 Å². The van der Waals surface area contributed by atoms with E-state index in [0.717, 1.165) is 27.4 Å². The van der Waals surface area contributed by atoms with Crippen molar-refractivity contribution in [3.8, 4) is 0 Å². The number of carbonyl (C=O) groups is 1. The highest BCUT2D eigenvalue weighted by Gasteiger charge is 2.08. The van der Waals surface area contributed by atoms with Crippen LogP contribution in [0.5, 0.6) is 0 Å². The lowest BCUT2D eigenvalue weighted by molar-refractivity contribution is 0.101. The van der Waals surface area contributed by atoms with Crippen molar-refractivity contribution in [1.82, 2.24) is 4.98 Å². The number of para-hydroxylation sites is 1. The first-order valence-corrected chi connectivity index (χ1v) is 6.68. The van der Waals surface area contributed by atoms with Crippen LogP contribution < -0.4 is 0 Å². The van der Waals surface area contributed by atoms with Gasteiger partial charge in [-0.1, -0.05) is 42.5 Å². The first-order valence-electron chi connectivity index (χ1n) is 6.68.